The maximum absolute atomic E-state index is 12.1. The number of hydrogen-bond donors (Lipinski definition) is 24. The summed E-state index contributed by atoms with van der Waals surface area (Å²) in [6, 6.07) is 0. The van der Waals surface area contributed by atoms with E-state index in [9.17, 15) is 123 Å². The van der Waals surface area contributed by atoms with E-state index >= 15 is 0 Å². The Morgan fingerprint density at radius 3 is 0.516 bits per heavy atom. The van der Waals surface area contributed by atoms with Gasteiger partial charge >= 0.3 is 0 Å². The molecule has 0 aromatic heterocycles. The van der Waals surface area contributed by atoms with Crippen LogP contribution in [0.2, 0.25) is 0 Å². The fraction of sp³-hybridized carbons (Fsp3) is 0. The van der Waals surface area contributed by atoms with Crippen LogP contribution in [0.3, 0.4) is 0 Å². The minimum absolute atomic E-state index is 1.17. The highest BCUT2D eigenvalue weighted by atomic mass is 16.4. The maximum atomic E-state index is 12.1. The fourth-order valence-corrected chi connectivity index (χ4v) is 7.82. The average Bonchev–Trinajstić information content (AvgIpc) is 3.23. The monoisotopic (exact) mass is 864 g/mol. The van der Waals surface area contributed by atoms with Gasteiger partial charge in [0.1, 0.15) is 11.5 Å². The molecule has 0 fully saturated rings. The summed E-state index contributed by atoms with van der Waals surface area (Å²) in [5.74, 6) is -39.1. The van der Waals surface area contributed by atoms with E-state index in [1.807, 2.05) is 0 Å². The summed E-state index contributed by atoms with van der Waals surface area (Å²) in [4.78, 5) is 0. The number of benzene rings is 8. The van der Waals surface area contributed by atoms with E-state index in [0.29, 0.717) is 0 Å². The van der Waals surface area contributed by atoms with Crippen LogP contribution in [0.5, 0.6) is 138 Å². The van der Waals surface area contributed by atoms with E-state index in [1.165, 1.54) is 0 Å². The molecule has 8 aromatic rings. The van der Waals surface area contributed by atoms with Crippen molar-refractivity contribution in [3.8, 4) is 160 Å². The van der Waals surface area contributed by atoms with Crippen molar-refractivity contribution < 1.29 is 123 Å². The maximum Gasteiger partial charge on any atom is 0.205 e. The number of phenolic OH excluding ortho intramolecular Hbond substituents is 24. The van der Waals surface area contributed by atoms with Crippen LogP contribution in [-0.2, 0) is 0 Å². The summed E-state index contributed by atoms with van der Waals surface area (Å²) in [5, 5.41) is 252. The molecule has 320 valence electrons. The van der Waals surface area contributed by atoms with Gasteiger partial charge in [0, 0.05) is 43.4 Å². The van der Waals surface area contributed by atoms with E-state index in [0.717, 1.165) is 0 Å². The van der Waals surface area contributed by atoms with Gasteiger partial charge in [-0.3, -0.25) is 0 Å². The van der Waals surface area contributed by atoms with E-state index in [-0.39, 0.29) is 0 Å². The van der Waals surface area contributed by atoms with Crippen molar-refractivity contribution in [3.63, 3.8) is 0 Å². The second-order valence-corrected chi connectivity index (χ2v) is 13.6. The molecule has 8 rings (SSSR count). The molecule has 8 aromatic carbocycles. The van der Waals surface area contributed by atoms with Crippen LogP contribution >= 0.6 is 0 Å². The fourth-order valence-electron chi connectivity index (χ4n) is 7.82. The normalized spacial score (nSPS) is 11.8. The summed E-state index contributed by atoms with van der Waals surface area (Å²) < 4.78 is 0. The number of fused-ring (bicyclic) bond motifs is 6. The van der Waals surface area contributed by atoms with E-state index in [2.05, 4.69) is 0 Å². The van der Waals surface area contributed by atoms with Gasteiger partial charge in [-0.25, -0.2) is 0 Å². The Balaban J connectivity index is 1.78. The van der Waals surface area contributed by atoms with Crippen LogP contribution in [0.4, 0.5) is 0 Å². The van der Waals surface area contributed by atoms with Crippen LogP contribution in [0.25, 0.3) is 76.1 Å². The highest BCUT2D eigenvalue weighted by molar-refractivity contribution is 6.33. The predicted molar refractivity (Wildman–Crippen MR) is 205 cm³/mol. The first-order valence-electron chi connectivity index (χ1n) is 16.6. The minimum atomic E-state index is -1.74. The lowest BCUT2D eigenvalue weighted by molar-refractivity contribution is 0.347. The van der Waals surface area contributed by atoms with Gasteiger partial charge in [-0.2, -0.15) is 0 Å². The van der Waals surface area contributed by atoms with Gasteiger partial charge < -0.3 is 123 Å². The summed E-state index contributed by atoms with van der Waals surface area (Å²) in [6.07, 6.45) is 0. The Bertz CT molecular complexity index is 3420. The third kappa shape index (κ3) is 4.21. The molecule has 24 heteroatoms. The molecular weight excluding hydrogens is 840 g/mol. The van der Waals surface area contributed by atoms with Crippen molar-refractivity contribution in [2.45, 2.75) is 0 Å². The molecule has 0 amide bonds. The molecular formula is C38H24O24. The standard InChI is InChI=1S/C38H24O24/c39-15-7-8-12(28(52)36(60)35(59)21(8)45)26(50)25(49)11(7)24(48)22(46)9(15)1-3-5(19(43)33(57)31(55)17(3)41)2(6-4(1)18(42)32(56)34(58)20(6)44)10-16(40)13-14(27(51)23(10)47)30(54)38(62)37(61)29(13)53/h39-62H. The molecule has 24 nitrogen and oxygen atoms in total. The van der Waals surface area contributed by atoms with Gasteiger partial charge in [-0.1, -0.05) is 0 Å². The van der Waals surface area contributed by atoms with Crippen molar-refractivity contribution in [3.05, 3.63) is 0 Å². The predicted octanol–water partition coefficient (Wildman–Crippen LogP) is 3.72. The SMILES string of the molecule is Oc1c(O)c(O)c2c(O)c(-c3c4c(O)c(O)c(O)c(O)c4c(-c4c(O)c(O)c5c(O)c(O)c6c(O)c(O)c(O)c(O)c6c5c4O)c4c(O)c(O)c(O)c(O)c34)c(O)c(O)c2c1O. The molecule has 0 aliphatic carbocycles. The molecule has 0 bridgehead atoms. The molecule has 0 saturated carbocycles. The van der Waals surface area contributed by atoms with Crippen molar-refractivity contribution >= 4 is 53.9 Å². The van der Waals surface area contributed by atoms with Crippen LogP contribution in [0.15, 0.2) is 0 Å². The Labute approximate surface area is 336 Å². The zero-order valence-electron chi connectivity index (χ0n) is 29.7. The first kappa shape index (κ1) is 39.1. The highest BCUT2D eigenvalue weighted by Gasteiger charge is 2.40. The summed E-state index contributed by atoms with van der Waals surface area (Å²) in [6.45, 7) is 0. The number of hydrogen-bond acceptors (Lipinski definition) is 24. The van der Waals surface area contributed by atoms with Crippen LogP contribution in [-0.4, -0.2) is 123 Å². The van der Waals surface area contributed by atoms with Crippen LogP contribution in [0.1, 0.15) is 0 Å². The zero-order chi connectivity index (χ0) is 45.9. The molecule has 0 aliphatic heterocycles. The quantitative estimate of drug-likeness (QED) is 0.0509. The number of aromatic hydroxyl groups is 24. The molecule has 0 saturated heterocycles. The summed E-state index contributed by atoms with van der Waals surface area (Å²) in [5.41, 5.74) is -5.67. The smallest absolute Gasteiger partial charge is 0.205 e. The Morgan fingerprint density at radius 2 is 0.242 bits per heavy atom. The van der Waals surface area contributed by atoms with Crippen molar-refractivity contribution in [1.29, 1.82) is 0 Å². The third-order valence-electron chi connectivity index (χ3n) is 10.6. The molecule has 0 atom stereocenters. The Hall–Kier alpha value is -9.74. The molecule has 0 heterocycles. The first-order chi connectivity index (χ1) is 28.9. The molecule has 0 spiro atoms. The highest BCUT2D eigenvalue weighted by Crippen LogP contribution is 2.69. The average molecular weight is 865 g/mol. The molecule has 24 N–H and O–H groups in total. The van der Waals surface area contributed by atoms with Gasteiger partial charge in [-0.05, 0) is 0 Å². The van der Waals surface area contributed by atoms with Gasteiger partial charge in [0.15, 0.2) is 80.5 Å². The van der Waals surface area contributed by atoms with Crippen LogP contribution in [0, 0.1) is 0 Å². The summed E-state index contributed by atoms with van der Waals surface area (Å²) in [7, 11) is 0. The zero-order valence-corrected chi connectivity index (χ0v) is 29.7. The minimum Gasteiger partial charge on any atom is -0.506 e. The topological polar surface area (TPSA) is 486 Å². The molecule has 0 unspecified atom stereocenters. The lowest BCUT2D eigenvalue weighted by Crippen LogP contribution is -1.97. The van der Waals surface area contributed by atoms with Crippen LogP contribution < -0.4 is 0 Å². The number of rotatable bonds is 2. The largest absolute Gasteiger partial charge is 0.506 e. The van der Waals surface area contributed by atoms with Gasteiger partial charge in [-0.15, -0.1) is 0 Å². The first-order valence-corrected chi connectivity index (χ1v) is 16.6. The third-order valence-corrected chi connectivity index (χ3v) is 10.6. The van der Waals surface area contributed by atoms with Gasteiger partial charge in [0.2, 0.25) is 46.0 Å². The second-order valence-electron chi connectivity index (χ2n) is 13.6. The summed E-state index contributed by atoms with van der Waals surface area (Å²) >= 11 is 0. The van der Waals surface area contributed by atoms with Crippen molar-refractivity contribution in [1.82, 2.24) is 0 Å². The molecule has 0 radical (unpaired) electrons. The lowest BCUT2D eigenvalue weighted by atomic mass is 9.81. The second kappa shape index (κ2) is 11.9. The Kier molecular flexibility index (Phi) is 7.51. The van der Waals surface area contributed by atoms with E-state index < -0.39 is 214 Å². The van der Waals surface area contributed by atoms with Gasteiger partial charge in [0.25, 0.3) is 0 Å². The van der Waals surface area contributed by atoms with E-state index in [1.54, 1.807) is 0 Å². The molecule has 62 heavy (non-hydrogen) atoms. The number of phenols is 24. The van der Waals surface area contributed by atoms with Crippen molar-refractivity contribution in [2.75, 3.05) is 0 Å². The van der Waals surface area contributed by atoms with Gasteiger partial charge in [0.05, 0.1) is 32.7 Å². The Morgan fingerprint density at radius 1 is 0.0968 bits per heavy atom. The molecule has 0 aliphatic rings. The lowest BCUT2D eigenvalue weighted by Gasteiger charge is -2.25. The van der Waals surface area contributed by atoms with Crippen molar-refractivity contribution in [2.24, 2.45) is 0 Å². The van der Waals surface area contributed by atoms with E-state index in [4.69, 9.17) is 0 Å².